The van der Waals surface area contributed by atoms with Crippen LogP contribution in [0, 0.1) is 5.82 Å². The summed E-state index contributed by atoms with van der Waals surface area (Å²) in [5, 5.41) is 7.57. The van der Waals surface area contributed by atoms with Crippen LogP contribution in [0.25, 0.3) is 22.4 Å². The normalized spacial score (nSPS) is 11.2. The molecule has 32 heavy (non-hydrogen) atoms. The third-order valence-corrected chi connectivity index (χ3v) is 5.23. The van der Waals surface area contributed by atoms with Gasteiger partial charge in [0.25, 0.3) is 0 Å². The molecular weight excluding hydrogens is 411 g/mol. The Labute approximate surface area is 181 Å². The molecule has 8 nitrogen and oxygen atoms in total. The van der Waals surface area contributed by atoms with Gasteiger partial charge in [-0.1, -0.05) is 30.3 Å². The number of hydrogen-bond donors (Lipinski definition) is 2. The quantitative estimate of drug-likeness (QED) is 0.444. The Kier molecular flexibility index (Phi) is 4.70. The number of para-hydroxylation sites is 2. The number of rotatable bonds is 5. The summed E-state index contributed by atoms with van der Waals surface area (Å²) in [5.41, 5.74) is 8.81. The molecule has 3 aromatic carbocycles. The predicted octanol–water partition coefficient (Wildman–Crippen LogP) is 3.38. The van der Waals surface area contributed by atoms with Crippen molar-refractivity contribution in [2.75, 3.05) is 18.2 Å². The molecule has 2 heterocycles. The summed E-state index contributed by atoms with van der Waals surface area (Å²) in [6, 6.07) is 19.1. The van der Waals surface area contributed by atoms with Crippen molar-refractivity contribution < 1.29 is 9.13 Å². The SMILES string of the molecule is COc1ccc(CNc2cccc3c2nc(N)c2nn(-c4ccccc4)c(=O)n23)c(F)c1. The van der Waals surface area contributed by atoms with Crippen LogP contribution < -0.4 is 21.5 Å². The zero-order valence-corrected chi connectivity index (χ0v) is 17.1. The van der Waals surface area contributed by atoms with Gasteiger partial charge in [-0.2, -0.15) is 4.68 Å². The maximum Gasteiger partial charge on any atom is 0.355 e. The van der Waals surface area contributed by atoms with E-state index in [-0.39, 0.29) is 29.5 Å². The molecule has 0 aliphatic rings. The van der Waals surface area contributed by atoms with Crippen LogP contribution in [0.15, 0.2) is 71.5 Å². The van der Waals surface area contributed by atoms with Gasteiger partial charge in [-0.25, -0.2) is 18.6 Å². The lowest BCUT2D eigenvalue weighted by Gasteiger charge is -2.11. The summed E-state index contributed by atoms with van der Waals surface area (Å²) in [6.07, 6.45) is 0. The Morgan fingerprint density at radius 3 is 2.66 bits per heavy atom. The number of ether oxygens (including phenoxy) is 1. The number of nitrogens with one attached hydrogen (secondary N) is 1. The van der Waals surface area contributed by atoms with E-state index < -0.39 is 0 Å². The summed E-state index contributed by atoms with van der Waals surface area (Å²) in [4.78, 5) is 17.7. The minimum absolute atomic E-state index is 0.120. The van der Waals surface area contributed by atoms with E-state index in [1.807, 2.05) is 18.2 Å². The van der Waals surface area contributed by atoms with Gasteiger partial charge in [-0.3, -0.25) is 0 Å². The van der Waals surface area contributed by atoms with E-state index in [1.54, 1.807) is 42.5 Å². The highest BCUT2D eigenvalue weighted by atomic mass is 19.1. The Morgan fingerprint density at radius 1 is 1.09 bits per heavy atom. The molecule has 3 N–H and O–H groups in total. The van der Waals surface area contributed by atoms with Crippen LogP contribution >= 0.6 is 0 Å². The molecule has 2 aromatic heterocycles. The molecule has 0 fully saturated rings. The highest BCUT2D eigenvalue weighted by molar-refractivity contribution is 5.91. The monoisotopic (exact) mass is 430 g/mol. The van der Waals surface area contributed by atoms with Crippen LogP contribution in [0.2, 0.25) is 0 Å². The number of fused-ring (bicyclic) bond motifs is 3. The second-order valence-electron chi connectivity index (χ2n) is 7.17. The lowest BCUT2D eigenvalue weighted by molar-refractivity contribution is 0.411. The van der Waals surface area contributed by atoms with Gasteiger partial charge in [0.1, 0.15) is 17.1 Å². The van der Waals surface area contributed by atoms with E-state index in [0.717, 1.165) is 0 Å². The number of anilines is 2. The molecule has 0 aliphatic carbocycles. The van der Waals surface area contributed by atoms with Crippen molar-refractivity contribution >= 4 is 28.2 Å². The van der Waals surface area contributed by atoms with Crippen LogP contribution in [0.4, 0.5) is 15.9 Å². The molecule has 0 saturated heterocycles. The smallest absolute Gasteiger partial charge is 0.355 e. The number of hydrogen-bond acceptors (Lipinski definition) is 6. The van der Waals surface area contributed by atoms with Crippen molar-refractivity contribution in [3.63, 3.8) is 0 Å². The van der Waals surface area contributed by atoms with Gasteiger partial charge >= 0.3 is 5.69 Å². The lowest BCUT2D eigenvalue weighted by Crippen LogP contribution is -2.20. The number of benzene rings is 3. The number of nitrogens with zero attached hydrogens (tertiary/aromatic N) is 4. The molecule has 5 aromatic rings. The standard InChI is InChI=1S/C23H19FN6O2/c1-32-16-11-10-14(17(24)12-16)13-26-18-8-5-9-19-20(18)27-21(25)22-28-30(23(31)29(19)22)15-6-3-2-4-7-15/h2-12,26H,13H2,1H3,(H2,25,27). The second kappa shape index (κ2) is 7.69. The average molecular weight is 430 g/mol. The van der Waals surface area contributed by atoms with E-state index in [0.29, 0.717) is 33.7 Å². The van der Waals surface area contributed by atoms with E-state index >= 15 is 0 Å². The summed E-state index contributed by atoms with van der Waals surface area (Å²) in [6.45, 7) is 0.215. The van der Waals surface area contributed by atoms with Crippen LogP contribution in [0.5, 0.6) is 5.75 Å². The third kappa shape index (κ3) is 3.20. The summed E-state index contributed by atoms with van der Waals surface area (Å²) in [5.74, 6) is 0.185. The molecule has 0 bridgehead atoms. The van der Waals surface area contributed by atoms with E-state index in [2.05, 4.69) is 15.4 Å². The van der Waals surface area contributed by atoms with Crippen molar-refractivity contribution in [3.8, 4) is 11.4 Å². The van der Waals surface area contributed by atoms with Gasteiger partial charge in [-0.05, 0) is 30.3 Å². The molecule has 0 spiro atoms. The van der Waals surface area contributed by atoms with Crippen molar-refractivity contribution in [1.82, 2.24) is 19.2 Å². The Morgan fingerprint density at radius 2 is 1.91 bits per heavy atom. The number of halogens is 1. The fraction of sp³-hybridized carbons (Fsp3) is 0.0870. The first kappa shape index (κ1) is 19.6. The van der Waals surface area contributed by atoms with Crippen molar-refractivity contribution in [3.05, 3.63) is 88.6 Å². The molecule has 160 valence electrons. The second-order valence-corrected chi connectivity index (χ2v) is 7.17. The Balaban J connectivity index is 1.60. The Hall–Kier alpha value is -4.40. The van der Waals surface area contributed by atoms with Gasteiger partial charge in [0.05, 0.1) is 24.0 Å². The number of aromatic nitrogens is 4. The maximum absolute atomic E-state index is 14.3. The summed E-state index contributed by atoms with van der Waals surface area (Å²) in [7, 11) is 1.49. The van der Waals surface area contributed by atoms with E-state index in [1.165, 1.54) is 22.3 Å². The third-order valence-electron chi connectivity index (χ3n) is 5.23. The highest BCUT2D eigenvalue weighted by Gasteiger charge is 2.17. The molecule has 9 heteroatoms. The van der Waals surface area contributed by atoms with E-state index in [4.69, 9.17) is 10.5 Å². The van der Waals surface area contributed by atoms with Gasteiger partial charge in [0.2, 0.25) is 5.65 Å². The Bertz CT molecular complexity index is 1510. The maximum atomic E-state index is 14.3. The molecule has 0 saturated carbocycles. The molecule has 5 rings (SSSR count). The minimum Gasteiger partial charge on any atom is -0.497 e. The van der Waals surface area contributed by atoms with Crippen LogP contribution in [-0.4, -0.2) is 26.3 Å². The molecule has 0 unspecified atom stereocenters. The van der Waals surface area contributed by atoms with Gasteiger partial charge in [0, 0.05) is 18.2 Å². The molecular formula is C23H19FN6O2. The van der Waals surface area contributed by atoms with Gasteiger partial charge < -0.3 is 15.8 Å². The van der Waals surface area contributed by atoms with Gasteiger partial charge in [-0.15, -0.1) is 5.10 Å². The number of methoxy groups -OCH3 is 1. The first-order valence-corrected chi connectivity index (χ1v) is 9.88. The molecule has 0 atom stereocenters. The zero-order valence-electron chi connectivity index (χ0n) is 17.1. The largest absolute Gasteiger partial charge is 0.497 e. The first-order chi connectivity index (χ1) is 15.6. The zero-order chi connectivity index (χ0) is 22.2. The van der Waals surface area contributed by atoms with Gasteiger partial charge in [0.15, 0.2) is 5.82 Å². The predicted molar refractivity (Wildman–Crippen MR) is 121 cm³/mol. The van der Waals surface area contributed by atoms with Crippen LogP contribution in [-0.2, 0) is 6.54 Å². The lowest BCUT2D eigenvalue weighted by atomic mass is 10.2. The molecule has 0 aliphatic heterocycles. The average Bonchev–Trinajstić information content (AvgIpc) is 3.17. The van der Waals surface area contributed by atoms with Crippen molar-refractivity contribution in [2.45, 2.75) is 6.54 Å². The highest BCUT2D eigenvalue weighted by Crippen LogP contribution is 2.25. The topological polar surface area (TPSA) is 99.5 Å². The fourth-order valence-electron chi connectivity index (χ4n) is 3.62. The fourth-order valence-corrected chi connectivity index (χ4v) is 3.62. The molecule has 0 radical (unpaired) electrons. The van der Waals surface area contributed by atoms with Crippen LogP contribution in [0.1, 0.15) is 5.56 Å². The summed E-state index contributed by atoms with van der Waals surface area (Å²) >= 11 is 0. The summed E-state index contributed by atoms with van der Waals surface area (Å²) < 4.78 is 22.1. The van der Waals surface area contributed by atoms with Crippen LogP contribution in [0.3, 0.4) is 0 Å². The molecule has 0 amide bonds. The van der Waals surface area contributed by atoms with Crippen molar-refractivity contribution in [2.24, 2.45) is 0 Å². The minimum atomic E-state index is -0.382. The first-order valence-electron chi connectivity index (χ1n) is 9.88. The van der Waals surface area contributed by atoms with E-state index in [9.17, 15) is 9.18 Å². The number of nitrogen functional groups attached to an aromatic ring is 1. The van der Waals surface area contributed by atoms with Crippen molar-refractivity contribution in [1.29, 1.82) is 0 Å². The number of nitrogens with two attached hydrogens (primary N) is 1.